The van der Waals surface area contributed by atoms with Crippen LogP contribution in [0.3, 0.4) is 0 Å². The highest BCUT2D eigenvalue weighted by atomic mass is 79.9. The third-order valence-corrected chi connectivity index (χ3v) is 2.90. The maximum atomic E-state index is 10.7. The van der Waals surface area contributed by atoms with Crippen LogP contribution in [0.1, 0.15) is 20.8 Å². The minimum Gasteiger partial charge on any atom is -0.196 e. The van der Waals surface area contributed by atoms with Crippen molar-refractivity contribution in [2.24, 2.45) is 0 Å². The first-order valence-corrected chi connectivity index (χ1v) is 4.96. The van der Waals surface area contributed by atoms with Gasteiger partial charge in [-0.15, -0.1) is 3.75 Å². The summed E-state index contributed by atoms with van der Waals surface area (Å²) in [4.78, 5) is 0. The Hall–Kier alpha value is 0.350. The summed E-state index contributed by atoms with van der Waals surface area (Å²) in [6.07, 6.45) is 0. The quantitative estimate of drug-likeness (QED) is 0.680. The lowest BCUT2D eigenvalue weighted by Gasteiger charge is -2.18. The average molecular weight is 231 g/mol. The lowest BCUT2D eigenvalue weighted by molar-refractivity contribution is 0.491. The summed E-state index contributed by atoms with van der Waals surface area (Å²) in [6.45, 7) is 5.28. The predicted molar refractivity (Wildman–Crippen MR) is 43.9 cm³/mol. The molecule has 0 atom stereocenters. The Labute approximate surface area is 69.9 Å². The Morgan fingerprint density at radius 2 is 1.70 bits per heavy atom. The minimum absolute atomic E-state index is 0.445. The highest BCUT2D eigenvalue weighted by Crippen LogP contribution is 2.00. The molecule has 0 bridgehead atoms. The average Bonchev–Trinajstić information content (AvgIpc) is 1.60. The number of rotatable bonds is 2. The van der Waals surface area contributed by atoms with E-state index in [-0.39, 0.29) is 0 Å². The molecule has 10 heavy (non-hydrogen) atoms. The summed E-state index contributed by atoms with van der Waals surface area (Å²) < 4.78 is 25.8. The SMILES string of the molecule is CC(C)(C)NS(=O)(=O)NBr. The van der Waals surface area contributed by atoms with Crippen LogP contribution in [-0.4, -0.2) is 14.0 Å². The van der Waals surface area contributed by atoms with Crippen LogP contribution in [0, 0.1) is 0 Å². The Kier molecular flexibility index (Phi) is 3.28. The van der Waals surface area contributed by atoms with Crippen LogP contribution in [0.25, 0.3) is 0 Å². The minimum atomic E-state index is -3.36. The molecule has 0 aliphatic carbocycles. The molecule has 0 fully saturated rings. The maximum absolute atomic E-state index is 10.7. The molecule has 0 rings (SSSR count). The van der Waals surface area contributed by atoms with Crippen LogP contribution in [0.15, 0.2) is 0 Å². The van der Waals surface area contributed by atoms with Crippen LogP contribution in [-0.2, 0) is 10.2 Å². The maximum Gasteiger partial charge on any atom is 0.286 e. The van der Waals surface area contributed by atoms with Gasteiger partial charge in [-0.05, 0) is 20.8 Å². The van der Waals surface area contributed by atoms with Crippen molar-refractivity contribution >= 4 is 26.4 Å². The normalized spacial score (nSPS) is 13.6. The zero-order chi connectivity index (χ0) is 8.41. The molecule has 0 radical (unpaired) electrons. The third-order valence-electron chi connectivity index (χ3n) is 0.542. The van der Waals surface area contributed by atoms with E-state index in [2.05, 4.69) is 20.9 Å². The van der Waals surface area contributed by atoms with Crippen molar-refractivity contribution in [1.82, 2.24) is 8.47 Å². The number of halogens is 1. The van der Waals surface area contributed by atoms with Crippen LogP contribution in [0.5, 0.6) is 0 Å². The molecule has 0 saturated heterocycles. The molecule has 0 unspecified atom stereocenters. The second kappa shape index (κ2) is 3.17. The molecule has 0 aliphatic heterocycles. The topological polar surface area (TPSA) is 58.2 Å². The molecule has 6 heteroatoms. The molecule has 0 aliphatic rings. The van der Waals surface area contributed by atoms with Crippen molar-refractivity contribution in [2.45, 2.75) is 26.3 Å². The van der Waals surface area contributed by atoms with Crippen molar-refractivity contribution in [3.8, 4) is 0 Å². The third kappa shape index (κ3) is 5.16. The van der Waals surface area contributed by atoms with Crippen molar-refractivity contribution < 1.29 is 8.42 Å². The molecule has 0 saturated carbocycles. The van der Waals surface area contributed by atoms with Gasteiger partial charge in [0.1, 0.15) is 0 Å². The van der Waals surface area contributed by atoms with Crippen molar-refractivity contribution in [3.05, 3.63) is 0 Å². The van der Waals surface area contributed by atoms with E-state index in [0.717, 1.165) is 0 Å². The molecular formula is C4H11BrN2O2S. The van der Waals surface area contributed by atoms with Gasteiger partial charge in [0.05, 0.1) is 0 Å². The second-order valence-corrected chi connectivity index (χ2v) is 5.27. The van der Waals surface area contributed by atoms with Crippen molar-refractivity contribution in [2.75, 3.05) is 0 Å². The fraction of sp³-hybridized carbons (Fsp3) is 1.00. The molecule has 0 aromatic carbocycles. The zero-order valence-electron chi connectivity index (χ0n) is 6.10. The van der Waals surface area contributed by atoms with Gasteiger partial charge in [0.25, 0.3) is 10.2 Å². The van der Waals surface area contributed by atoms with Gasteiger partial charge >= 0.3 is 0 Å². The molecule has 62 valence electrons. The van der Waals surface area contributed by atoms with E-state index in [1.807, 2.05) is 3.75 Å². The summed E-state index contributed by atoms with van der Waals surface area (Å²) in [5.74, 6) is 0. The molecular weight excluding hydrogens is 220 g/mol. The van der Waals surface area contributed by atoms with Gasteiger partial charge in [-0.1, -0.05) is 0 Å². The monoisotopic (exact) mass is 230 g/mol. The van der Waals surface area contributed by atoms with Crippen molar-refractivity contribution in [1.29, 1.82) is 0 Å². The molecule has 2 N–H and O–H groups in total. The van der Waals surface area contributed by atoms with Gasteiger partial charge in [0.2, 0.25) is 0 Å². The van der Waals surface area contributed by atoms with Gasteiger partial charge in [-0.25, -0.2) is 0 Å². The highest BCUT2D eigenvalue weighted by Gasteiger charge is 2.17. The lowest BCUT2D eigenvalue weighted by Crippen LogP contribution is -2.44. The van der Waals surface area contributed by atoms with E-state index in [0.29, 0.717) is 0 Å². The van der Waals surface area contributed by atoms with Crippen LogP contribution in [0.2, 0.25) is 0 Å². The fourth-order valence-electron chi connectivity index (χ4n) is 0.422. The number of hydrogen-bond donors (Lipinski definition) is 2. The van der Waals surface area contributed by atoms with E-state index in [9.17, 15) is 8.42 Å². The Morgan fingerprint density at radius 1 is 1.30 bits per heavy atom. The van der Waals surface area contributed by atoms with E-state index >= 15 is 0 Å². The van der Waals surface area contributed by atoms with E-state index in [1.54, 1.807) is 20.8 Å². The predicted octanol–water partition coefficient (Wildman–Crippen LogP) is 0.519. The standard InChI is InChI=1S/C4H11BrN2O2S/c1-4(2,3)6-10(8,9)7-5/h6-7H,1-3H3. The fourth-order valence-corrected chi connectivity index (χ4v) is 1.51. The molecule has 0 heterocycles. The van der Waals surface area contributed by atoms with Gasteiger partial charge < -0.3 is 0 Å². The smallest absolute Gasteiger partial charge is 0.196 e. The van der Waals surface area contributed by atoms with Gasteiger partial charge in [-0.2, -0.15) is 13.1 Å². The molecule has 0 aromatic rings. The van der Waals surface area contributed by atoms with Crippen LogP contribution >= 0.6 is 16.1 Å². The zero-order valence-corrected chi connectivity index (χ0v) is 8.51. The van der Waals surface area contributed by atoms with E-state index in [1.165, 1.54) is 0 Å². The molecule has 0 aromatic heterocycles. The van der Waals surface area contributed by atoms with Crippen LogP contribution < -0.4 is 8.47 Å². The van der Waals surface area contributed by atoms with Gasteiger partial charge in [0.15, 0.2) is 0 Å². The molecule has 0 amide bonds. The first-order valence-electron chi connectivity index (χ1n) is 2.68. The first kappa shape index (κ1) is 10.3. The van der Waals surface area contributed by atoms with Crippen LogP contribution in [0.4, 0.5) is 0 Å². The largest absolute Gasteiger partial charge is 0.286 e. The summed E-state index contributed by atoms with van der Waals surface area (Å²) in [5, 5.41) is 0. The van der Waals surface area contributed by atoms with E-state index < -0.39 is 15.7 Å². The van der Waals surface area contributed by atoms with Gasteiger partial charge in [-0.3, -0.25) is 0 Å². The summed E-state index contributed by atoms with van der Waals surface area (Å²) in [7, 11) is -3.36. The lowest BCUT2D eigenvalue weighted by atomic mass is 10.1. The molecule has 0 spiro atoms. The first-order chi connectivity index (χ1) is 4.27. The summed E-state index contributed by atoms with van der Waals surface area (Å²) in [5.41, 5.74) is -0.445. The van der Waals surface area contributed by atoms with Crippen molar-refractivity contribution in [3.63, 3.8) is 0 Å². The second-order valence-electron chi connectivity index (χ2n) is 2.93. The summed E-state index contributed by atoms with van der Waals surface area (Å²) in [6, 6.07) is 0. The Balaban J connectivity index is 4.18. The molecule has 4 nitrogen and oxygen atoms in total. The Bertz CT molecular complexity index is 194. The number of hydrogen-bond acceptors (Lipinski definition) is 2. The number of nitrogens with one attached hydrogen (secondary N) is 2. The van der Waals surface area contributed by atoms with Gasteiger partial charge in [0, 0.05) is 21.7 Å². The highest BCUT2D eigenvalue weighted by molar-refractivity contribution is 9.09. The summed E-state index contributed by atoms with van der Waals surface area (Å²) >= 11 is 2.62. The Morgan fingerprint density at radius 3 is 1.80 bits per heavy atom. The van der Waals surface area contributed by atoms with E-state index in [4.69, 9.17) is 0 Å².